The van der Waals surface area contributed by atoms with Crippen LogP contribution >= 0.6 is 0 Å². The summed E-state index contributed by atoms with van der Waals surface area (Å²) in [7, 11) is 2.93. The second-order valence-electron chi connectivity index (χ2n) is 4.55. The molecule has 6 nitrogen and oxygen atoms in total. The molecule has 0 saturated heterocycles. The van der Waals surface area contributed by atoms with Crippen LogP contribution in [-0.4, -0.2) is 30.1 Å². The maximum Gasteiger partial charge on any atom is 0.280 e. The Labute approximate surface area is 131 Å². The number of anilines is 1. The van der Waals surface area contributed by atoms with Crippen molar-refractivity contribution in [2.45, 2.75) is 13.3 Å². The number of hydrogen-bond acceptors (Lipinski definition) is 5. The largest absolute Gasteiger partial charge is 0.497 e. The van der Waals surface area contributed by atoms with Gasteiger partial charge in [-0.2, -0.15) is 0 Å². The Kier molecular flexibility index (Phi) is 5.05. The van der Waals surface area contributed by atoms with Gasteiger partial charge >= 0.3 is 0 Å². The predicted molar refractivity (Wildman–Crippen MR) is 79.2 cm³/mol. The fraction of sp³-hybridized carbons (Fsp3) is 0.267. The van der Waals surface area contributed by atoms with Crippen LogP contribution in [0.25, 0.3) is 0 Å². The maximum atomic E-state index is 12.8. The van der Waals surface area contributed by atoms with Crippen molar-refractivity contribution in [2.24, 2.45) is 0 Å². The number of rotatable bonds is 5. The molecule has 0 unspecified atom stereocenters. The lowest BCUT2D eigenvalue weighted by atomic mass is 10.2. The fourth-order valence-electron chi connectivity index (χ4n) is 1.92. The van der Waals surface area contributed by atoms with Gasteiger partial charge in [-0.25, -0.2) is 18.7 Å². The van der Waals surface area contributed by atoms with Crippen LogP contribution in [0, 0.1) is 6.92 Å². The first-order valence-corrected chi connectivity index (χ1v) is 6.61. The number of benzene rings is 1. The summed E-state index contributed by atoms with van der Waals surface area (Å²) in [4.78, 5) is 19.7. The van der Waals surface area contributed by atoms with E-state index >= 15 is 0 Å². The van der Waals surface area contributed by atoms with Crippen molar-refractivity contribution in [1.29, 1.82) is 0 Å². The van der Waals surface area contributed by atoms with E-state index in [2.05, 4.69) is 15.3 Å². The quantitative estimate of drug-likeness (QED) is 0.915. The summed E-state index contributed by atoms with van der Waals surface area (Å²) in [6.45, 7) is 1.44. The van der Waals surface area contributed by atoms with Gasteiger partial charge in [-0.15, -0.1) is 0 Å². The highest BCUT2D eigenvalue weighted by Gasteiger charge is 2.17. The van der Waals surface area contributed by atoms with Crippen molar-refractivity contribution in [3.8, 4) is 11.5 Å². The lowest BCUT2D eigenvalue weighted by Gasteiger charge is -2.12. The molecule has 0 atom stereocenters. The van der Waals surface area contributed by atoms with Crippen molar-refractivity contribution in [3.63, 3.8) is 0 Å². The van der Waals surface area contributed by atoms with Gasteiger partial charge in [0.15, 0.2) is 0 Å². The minimum atomic E-state index is -2.78. The van der Waals surface area contributed by atoms with Gasteiger partial charge < -0.3 is 14.8 Å². The zero-order valence-corrected chi connectivity index (χ0v) is 12.8. The van der Waals surface area contributed by atoms with Gasteiger partial charge in [-0.05, 0) is 25.1 Å². The number of ether oxygens (including phenoxy) is 2. The molecule has 0 aliphatic heterocycles. The van der Waals surface area contributed by atoms with Crippen molar-refractivity contribution in [3.05, 3.63) is 41.5 Å². The van der Waals surface area contributed by atoms with E-state index in [1.807, 2.05) is 0 Å². The number of carbonyl (C=O) groups is 1. The summed E-state index contributed by atoms with van der Waals surface area (Å²) in [5.41, 5.74) is -0.315. The number of alkyl halides is 2. The minimum Gasteiger partial charge on any atom is -0.497 e. The van der Waals surface area contributed by atoms with Crippen LogP contribution in [0.15, 0.2) is 24.3 Å². The average molecular weight is 323 g/mol. The molecule has 1 N–H and O–H groups in total. The summed E-state index contributed by atoms with van der Waals surface area (Å²) < 4.78 is 35.8. The van der Waals surface area contributed by atoms with Gasteiger partial charge in [0.05, 0.1) is 19.9 Å². The first-order chi connectivity index (χ1) is 10.9. The molecule has 0 bridgehead atoms. The van der Waals surface area contributed by atoms with E-state index in [1.54, 1.807) is 18.2 Å². The van der Waals surface area contributed by atoms with Crippen LogP contribution < -0.4 is 14.8 Å². The second kappa shape index (κ2) is 6.99. The minimum absolute atomic E-state index is 0.0885. The van der Waals surface area contributed by atoms with Gasteiger partial charge in [-0.1, -0.05) is 0 Å². The van der Waals surface area contributed by atoms with Crippen molar-refractivity contribution in [2.75, 3.05) is 19.5 Å². The van der Waals surface area contributed by atoms with Gasteiger partial charge in [-0.3, -0.25) is 4.79 Å². The summed E-state index contributed by atoms with van der Waals surface area (Å²) >= 11 is 0. The summed E-state index contributed by atoms with van der Waals surface area (Å²) in [5, 5.41) is 2.57. The van der Waals surface area contributed by atoms with Crippen LogP contribution in [0.1, 0.15) is 28.4 Å². The number of halogens is 2. The highest BCUT2D eigenvalue weighted by Crippen LogP contribution is 2.29. The molecule has 0 radical (unpaired) electrons. The molecule has 0 saturated carbocycles. The summed E-state index contributed by atoms with van der Waals surface area (Å²) in [6, 6.07) is 5.79. The zero-order valence-electron chi connectivity index (χ0n) is 12.8. The molecule has 1 heterocycles. The highest BCUT2D eigenvalue weighted by atomic mass is 19.3. The molecule has 1 aromatic carbocycles. The fourth-order valence-corrected chi connectivity index (χ4v) is 1.92. The highest BCUT2D eigenvalue weighted by molar-refractivity contribution is 6.03. The third kappa shape index (κ3) is 3.91. The van der Waals surface area contributed by atoms with Crippen molar-refractivity contribution < 1.29 is 23.0 Å². The number of aryl methyl sites for hydroxylation is 1. The number of methoxy groups -OCH3 is 2. The number of nitrogens with one attached hydrogen (secondary N) is 1. The third-order valence-electron chi connectivity index (χ3n) is 2.97. The van der Waals surface area contributed by atoms with E-state index in [9.17, 15) is 13.6 Å². The Balaban J connectivity index is 2.32. The van der Waals surface area contributed by atoms with Crippen LogP contribution in [0.3, 0.4) is 0 Å². The molecule has 0 aliphatic rings. The monoisotopic (exact) mass is 323 g/mol. The number of carbonyl (C=O) groups excluding carboxylic acids is 1. The molecule has 0 aliphatic carbocycles. The second-order valence-corrected chi connectivity index (χ2v) is 4.55. The number of nitrogens with zero attached hydrogens (tertiary/aromatic N) is 2. The van der Waals surface area contributed by atoms with E-state index in [0.29, 0.717) is 17.2 Å². The third-order valence-corrected chi connectivity index (χ3v) is 2.97. The van der Waals surface area contributed by atoms with Crippen molar-refractivity contribution in [1.82, 2.24) is 9.97 Å². The molecule has 122 valence electrons. The van der Waals surface area contributed by atoms with Gasteiger partial charge in [0.25, 0.3) is 12.3 Å². The molecule has 8 heteroatoms. The van der Waals surface area contributed by atoms with Crippen LogP contribution in [0.4, 0.5) is 14.5 Å². The number of aromatic nitrogens is 2. The van der Waals surface area contributed by atoms with E-state index in [4.69, 9.17) is 9.47 Å². The van der Waals surface area contributed by atoms with Crippen LogP contribution in [0.2, 0.25) is 0 Å². The predicted octanol–water partition coefficient (Wildman–Crippen LogP) is 2.99. The van der Waals surface area contributed by atoms with E-state index < -0.39 is 18.0 Å². The topological polar surface area (TPSA) is 73.3 Å². The molecule has 23 heavy (non-hydrogen) atoms. The smallest absolute Gasteiger partial charge is 0.280 e. The maximum absolute atomic E-state index is 12.8. The Morgan fingerprint density at radius 1 is 1.17 bits per heavy atom. The summed E-state index contributed by atoms with van der Waals surface area (Å²) in [5.74, 6) is 0.349. The standard InChI is InChI=1S/C15H15F2N3O3/c1-8-18-11(14(16)17)7-12(19-8)15(21)20-10-6-9(22-2)4-5-13(10)23-3/h4-7,14H,1-3H3,(H,20,21). The summed E-state index contributed by atoms with van der Waals surface area (Å²) in [6.07, 6.45) is -2.78. The lowest BCUT2D eigenvalue weighted by molar-refractivity contribution is 0.102. The molecular weight excluding hydrogens is 308 g/mol. The molecule has 1 aromatic heterocycles. The van der Waals surface area contributed by atoms with E-state index in [0.717, 1.165) is 6.07 Å². The van der Waals surface area contributed by atoms with Gasteiger partial charge in [0, 0.05) is 6.07 Å². The SMILES string of the molecule is COc1ccc(OC)c(NC(=O)c2cc(C(F)F)nc(C)n2)c1. The molecule has 2 rings (SSSR count). The first-order valence-electron chi connectivity index (χ1n) is 6.61. The van der Waals surface area contributed by atoms with Crippen LogP contribution in [-0.2, 0) is 0 Å². The Hall–Kier alpha value is -2.77. The molecular formula is C15H15F2N3O3. The molecule has 1 amide bonds. The van der Waals surface area contributed by atoms with Crippen molar-refractivity contribution >= 4 is 11.6 Å². The first kappa shape index (κ1) is 16.6. The number of hydrogen-bond donors (Lipinski definition) is 1. The lowest BCUT2D eigenvalue weighted by Crippen LogP contribution is -2.16. The Morgan fingerprint density at radius 3 is 2.52 bits per heavy atom. The normalized spacial score (nSPS) is 10.5. The van der Waals surface area contributed by atoms with Crippen LogP contribution in [0.5, 0.6) is 11.5 Å². The van der Waals surface area contributed by atoms with Gasteiger partial charge in [0.1, 0.15) is 28.7 Å². The van der Waals surface area contributed by atoms with Gasteiger partial charge in [0.2, 0.25) is 0 Å². The van der Waals surface area contributed by atoms with E-state index in [-0.39, 0.29) is 11.5 Å². The zero-order chi connectivity index (χ0) is 17.0. The molecule has 0 spiro atoms. The van der Waals surface area contributed by atoms with E-state index in [1.165, 1.54) is 21.1 Å². The Morgan fingerprint density at radius 2 is 1.91 bits per heavy atom. The molecule has 2 aromatic rings. The molecule has 0 fully saturated rings. The Bertz CT molecular complexity index is 723. The number of amides is 1. The average Bonchev–Trinajstić information content (AvgIpc) is 2.54.